The maximum absolute atomic E-state index is 8.90. The molecule has 1 rings (SSSR count). The number of rotatable bonds is 3. The van der Waals surface area contributed by atoms with Gasteiger partial charge in [-0.15, -0.1) is 0 Å². The van der Waals surface area contributed by atoms with Crippen LogP contribution in [0.3, 0.4) is 0 Å². The Bertz CT molecular complexity index is 394. The Hall–Kier alpha value is -1.33. The molecule has 78 valence electrons. The van der Waals surface area contributed by atoms with Crippen LogP contribution in [0.5, 0.6) is 0 Å². The third kappa shape index (κ3) is 4.14. The third-order valence-electron chi connectivity index (χ3n) is 2.11. The van der Waals surface area contributed by atoms with E-state index in [-0.39, 0.29) is 0 Å². The fourth-order valence-corrected chi connectivity index (χ4v) is 2.11. The molecule has 0 aliphatic carbocycles. The lowest BCUT2D eigenvalue weighted by molar-refractivity contribution is 1.46. The lowest BCUT2D eigenvalue weighted by atomic mass is 10.1. The minimum atomic E-state index is -1.01. The molecule has 0 saturated heterocycles. The Morgan fingerprint density at radius 3 is 2.53 bits per heavy atom. The largest absolute Gasteiger partial charge is 0.192 e. The molecule has 0 heterocycles. The molecule has 0 aromatic heterocycles. The zero-order valence-electron chi connectivity index (χ0n) is 9.62. The van der Waals surface area contributed by atoms with E-state index in [1.165, 1.54) is 0 Å². The summed E-state index contributed by atoms with van der Waals surface area (Å²) in [5.41, 5.74) is 1.78. The van der Waals surface area contributed by atoms with Crippen molar-refractivity contribution in [2.45, 2.75) is 25.7 Å². The van der Waals surface area contributed by atoms with Crippen LogP contribution in [-0.2, 0) is 0 Å². The molecule has 0 saturated carbocycles. The smallest absolute Gasteiger partial charge is 0.0997 e. The molecule has 1 aromatic carbocycles. The molecule has 0 N–H and O–H groups in total. The summed E-state index contributed by atoms with van der Waals surface area (Å²) in [6.07, 6.45) is 4.26. The summed E-state index contributed by atoms with van der Waals surface area (Å²) in [7, 11) is -1.01. The van der Waals surface area contributed by atoms with Crippen molar-refractivity contribution in [1.82, 2.24) is 0 Å². The van der Waals surface area contributed by atoms with Crippen LogP contribution < -0.4 is 0 Å². The minimum Gasteiger partial charge on any atom is -0.192 e. The molecule has 2 heteroatoms. The molecule has 1 nitrogen and oxygen atoms in total. The third-order valence-corrected chi connectivity index (χ3v) is 3.57. The molecule has 15 heavy (non-hydrogen) atoms. The van der Waals surface area contributed by atoms with Crippen molar-refractivity contribution in [1.29, 1.82) is 5.26 Å². The van der Waals surface area contributed by atoms with E-state index in [0.29, 0.717) is 0 Å². The Balaban J connectivity index is 2.77. The summed E-state index contributed by atoms with van der Waals surface area (Å²) in [5.74, 6) is 0. The summed E-state index contributed by atoms with van der Waals surface area (Å²) >= 11 is 0. The van der Waals surface area contributed by atoms with Gasteiger partial charge in [-0.05, 0) is 17.7 Å². The number of nitrogens with zero attached hydrogens (tertiary/aromatic N) is 1. The minimum absolute atomic E-state index is 0.754. The van der Waals surface area contributed by atoms with Gasteiger partial charge in [-0.2, -0.15) is 5.26 Å². The summed E-state index contributed by atoms with van der Waals surface area (Å²) in [4.78, 5) is 0. The van der Waals surface area contributed by atoms with Gasteiger partial charge < -0.3 is 0 Å². The van der Waals surface area contributed by atoms with Crippen LogP contribution in [-0.4, -0.2) is 8.07 Å². The van der Waals surface area contributed by atoms with Crippen molar-refractivity contribution in [2.24, 2.45) is 0 Å². The number of hydrogen-bond donors (Lipinski definition) is 0. The van der Waals surface area contributed by atoms with Crippen molar-refractivity contribution >= 4 is 14.1 Å². The zero-order chi connectivity index (χ0) is 11.3. The lowest BCUT2D eigenvalue weighted by Gasteiger charge is -2.11. The Morgan fingerprint density at radius 2 is 1.93 bits per heavy atom. The topological polar surface area (TPSA) is 23.8 Å². The molecule has 0 amide bonds. The normalized spacial score (nSPS) is 11.6. The lowest BCUT2D eigenvalue weighted by Crippen LogP contribution is -2.17. The second-order valence-corrected chi connectivity index (χ2v) is 10.4. The van der Waals surface area contributed by atoms with Crippen LogP contribution in [0.4, 0.5) is 0 Å². The monoisotopic (exact) mass is 215 g/mol. The van der Waals surface area contributed by atoms with Gasteiger partial charge in [0.05, 0.1) is 11.6 Å². The number of nitriles is 1. The van der Waals surface area contributed by atoms with Gasteiger partial charge in [0, 0.05) is 8.07 Å². The van der Waals surface area contributed by atoms with Crippen molar-refractivity contribution in [3.05, 3.63) is 41.5 Å². The summed E-state index contributed by atoms with van der Waals surface area (Å²) < 4.78 is 0. The Morgan fingerprint density at radius 1 is 1.27 bits per heavy atom. The van der Waals surface area contributed by atoms with E-state index < -0.39 is 8.07 Å². The molecule has 1 aromatic rings. The second-order valence-electron chi connectivity index (χ2n) is 4.87. The van der Waals surface area contributed by atoms with Crippen LogP contribution in [0.25, 0.3) is 6.08 Å². The maximum Gasteiger partial charge on any atom is 0.0997 e. The van der Waals surface area contributed by atoms with Crippen molar-refractivity contribution < 1.29 is 0 Å². The predicted molar refractivity (Wildman–Crippen MR) is 68.3 cm³/mol. The fourth-order valence-electron chi connectivity index (χ4n) is 1.28. The van der Waals surface area contributed by atoms with Gasteiger partial charge in [-0.25, -0.2) is 0 Å². The van der Waals surface area contributed by atoms with Crippen molar-refractivity contribution in [3.8, 4) is 6.07 Å². The first-order chi connectivity index (χ1) is 7.03. The van der Waals surface area contributed by atoms with Crippen molar-refractivity contribution in [2.75, 3.05) is 0 Å². The van der Waals surface area contributed by atoms with E-state index in [1.54, 1.807) is 0 Å². The van der Waals surface area contributed by atoms with E-state index in [1.807, 2.05) is 24.3 Å². The van der Waals surface area contributed by atoms with Gasteiger partial charge in [-0.3, -0.25) is 0 Å². The van der Waals surface area contributed by atoms with Gasteiger partial charge in [0.2, 0.25) is 0 Å². The van der Waals surface area contributed by atoms with Gasteiger partial charge in [-0.1, -0.05) is 50.0 Å². The van der Waals surface area contributed by atoms with Crippen LogP contribution in [0.1, 0.15) is 11.1 Å². The number of hydrogen-bond acceptors (Lipinski definition) is 1. The van der Waals surface area contributed by atoms with Crippen LogP contribution in [0.15, 0.2) is 30.3 Å². The maximum atomic E-state index is 8.90. The second kappa shape index (κ2) is 4.95. The first kappa shape index (κ1) is 11.7. The Kier molecular flexibility index (Phi) is 3.87. The quantitative estimate of drug-likeness (QED) is 0.701. The van der Waals surface area contributed by atoms with Crippen molar-refractivity contribution in [3.63, 3.8) is 0 Å². The molecule has 0 aliphatic rings. The number of allylic oxidation sites excluding steroid dienone is 1. The first-order valence-electron chi connectivity index (χ1n) is 5.18. The van der Waals surface area contributed by atoms with Gasteiger partial charge in [0.25, 0.3) is 0 Å². The average Bonchev–Trinajstić information content (AvgIpc) is 2.16. The average molecular weight is 215 g/mol. The van der Waals surface area contributed by atoms with E-state index in [4.69, 9.17) is 5.26 Å². The molecular weight excluding hydrogens is 198 g/mol. The standard InChI is InChI=1S/C13H17NSi/c1-15(2,3)10-6-9-12-7-4-5-8-13(12)11-14/h4-9H,10H2,1-3H3/b9-6+. The van der Waals surface area contributed by atoms with E-state index in [9.17, 15) is 0 Å². The highest BCUT2D eigenvalue weighted by Gasteiger charge is 2.09. The number of benzene rings is 1. The van der Waals surface area contributed by atoms with Gasteiger partial charge in [0.15, 0.2) is 0 Å². The highest BCUT2D eigenvalue weighted by molar-refractivity contribution is 6.76. The van der Waals surface area contributed by atoms with E-state index in [2.05, 4.69) is 37.9 Å². The molecule has 0 unspecified atom stereocenters. The molecule has 0 radical (unpaired) electrons. The van der Waals surface area contributed by atoms with Crippen LogP contribution in [0, 0.1) is 11.3 Å². The molecule has 0 bridgehead atoms. The fraction of sp³-hybridized carbons (Fsp3) is 0.308. The summed E-state index contributed by atoms with van der Waals surface area (Å²) in [6, 6.07) is 11.1. The summed E-state index contributed by atoms with van der Waals surface area (Å²) in [5, 5.41) is 8.90. The SMILES string of the molecule is C[Si](C)(C)C/C=C/c1ccccc1C#N. The zero-order valence-corrected chi connectivity index (χ0v) is 10.6. The molecule has 0 fully saturated rings. The van der Waals surface area contributed by atoms with E-state index in [0.717, 1.165) is 17.2 Å². The molecule has 0 spiro atoms. The van der Waals surface area contributed by atoms with Crippen LogP contribution in [0.2, 0.25) is 25.7 Å². The van der Waals surface area contributed by atoms with E-state index >= 15 is 0 Å². The predicted octanol–water partition coefficient (Wildman–Crippen LogP) is 3.91. The molecule has 0 atom stereocenters. The summed E-state index contributed by atoms with van der Waals surface area (Å²) in [6.45, 7) is 7.02. The Labute approximate surface area is 93.1 Å². The molecular formula is C13H17NSi. The molecule has 0 aliphatic heterocycles. The van der Waals surface area contributed by atoms with Gasteiger partial charge in [0.1, 0.15) is 0 Å². The highest BCUT2D eigenvalue weighted by Crippen LogP contribution is 2.13. The van der Waals surface area contributed by atoms with Crippen LogP contribution >= 0.6 is 0 Å². The first-order valence-corrected chi connectivity index (χ1v) is 8.89. The van der Waals surface area contributed by atoms with Gasteiger partial charge >= 0.3 is 0 Å². The highest BCUT2D eigenvalue weighted by atomic mass is 28.3.